The van der Waals surface area contributed by atoms with Crippen LogP contribution in [-0.2, 0) is 14.3 Å². The highest BCUT2D eigenvalue weighted by Gasteiger charge is 2.68. The van der Waals surface area contributed by atoms with Gasteiger partial charge in [-0.1, -0.05) is 52.0 Å². The Balaban J connectivity index is 1.38. The summed E-state index contributed by atoms with van der Waals surface area (Å²) in [5, 5.41) is 14.5. The first kappa shape index (κ1) is 31.5. The number of carbonyl (C=O) groups excluding carboxylic acids is 3. The number of halogens is 1. The number of rotatable bonds is 7. The first-order valence-electron chi connectivity index (χ1n) is 15.2. The molecular weight excluding hydrogens is 565 g/mol. The minimum atomic E-state index is -0.722. The quantitative estimate of drug-likeness (QED) is 0.199. The maximum absolute atomic E-state index is 13.7. The van der Waals surface area contributed by atoms with Gasteiger partial charge in [-0.25, -0.2) is 4.39 Å². The number of aliphatic hydroxyl groups is 1. The van der Waals surface area contributed by atoms with Crippen molar-refractivity contribution in [1.29, 1.82) is 0 Å². The lowest BCUT2D eigenvalue weighted by atomic mass is 9.44. The van der Waals surface area contributed by atoms with Crippen LogP contribution in [0.15, 0.2) is 66.1 Å². The van der Waals surface area contributed by atoms with Gasteiger partial charge < -0.3 is 15.2 Å². The maximum atomic E-state index is 13.7. The number of para-hydroxylation sites is 1. The predicted molar refractivity (Wildman–Crippen MR) is 166 cm³/mol. The Hall–Kier alpha value is -2.97. The van der Waals surface area contributed by atoms with E-state index in [4.69, 9.17) is 4.74 Å². The third-order valence-corrected chi connectivity index (χ3v) is 12.2. The topological polar surface area (TPSA) is 92.7 Å². The van der Waals surface area contributed by atoms with Gasteiger partial charge in [0.1, 0.15) is 17.7 Å². The number of nitrogens with one attached hydrogen (secondary N) is 1. The maximum Gasteiger partial charge on any atom is 0.316 e. The van der Waals surface area contributed by atoms with E-state index in [1.807, 2.05) is 13.0 Å². The van der Waals surface area contributed by atoms with E-state index < -0.39 is 40.7 Å². The summed E-state index contributed by atoms with van der Waals surface area (Å²) in [5.41, 5.74) is -0.918. The number of Topliss-reactive ketones (excluding diaryl/α,β-unsaturated/α-hetero) is 1. The molecule has 43 heavy (non-hydrogen) atoms. The Labute approximate surface area is 257 Å². The number of ketones is 1. The summed E-state index contributed by atoms with van der Waals surface area (Å²) in [4.78, 5) is 40.6. The molecule has 3 aliphatic rings. The molecule has 3 saturated carbocycles. The highest BCUT2D eigenvalue weighted by Crippen LogP contribution is 2.68. The SMILES string of the molecule is C=C[C@]1(C)C[C@@H](OC(=O)CSc2ccccc2NC(=O)c2cccc(F)c2)[C@]2(C)[C@H](C)CC[C@]3(CCC(=O)[C@H]32)[C@@H](C)[C@@H]1O. The molecule has 0 radical (unpaired) electrons. The number of ether oxygens (including phenoxy) is 1. The summed E-state index contributed by atoms with van der Waals surface area (Å²) >= 11 is 1.24. The molecule has 8 atom stereocenters. The zero-order valence-electron chi connectivity index (χ0n) is 25.4. The van der Waals surface area contributed by atoms with E-state index in [1.165, 1.54) is 36.0 Å². The van der Waals surface area contributed by atoms with E-state index in [1.54, 1.807) is 24.3 Å². The van der Waals surface area contributed by atoms with Gasteiger partial charge in [-0.2, -0.15) is 0 Å². The van der Waals surface area contributed by atoms with Crippen LogP contribution < -0.4 is 5.32 Å². The lowest BCUT2D eigenvalue weighted by Crippen LogP contribution is -2.63. The number of amides is 1. The van der Waals surface area contributed by atoms with Gasteiger partial charge in [0, 0.05) is 33.6 Å². The van der Waals surface area contributed by atoms with Crippen molar-refractivity contribution in [2.75, 3.05) is 11.1 Å². The average molecular weight is 608 g/mol. The molecule has 0 heterocycles. The summed E-state index contributed by atoms with van der Waals surface area (Å²) in [6, 6.07) is 12.6. The van der Waals surface area contributed by atoms with Crippen molar-refractivity contribution in [3.05, 3.63) is 72.6 Å². The molecule has 2 bridgehead atoms. The van der Waals surface area contributed by atoms with Crippen LogP contribution >= 0.6 is 11.8 Å². The Morgan fingerprint density at radius 3 is 2.63 bits per heavy atom. The number of esters is 1. The molecule has 2 aromatic carbocycles. The number of anilines is 1. The van der Waals surface area contributed by atoms with Gasteiger partial charge in [0.2, 0.25) is 0 Å². The molecule has 0 aromatic heterocycles. The second-order valence-electron chi connectivity index (χ2n) is 13.3. The number of hydrogen-bond donors (Lipinski definition) is 2. The molecule has 0 aliphatic heterocycles. The minimum Gasteiger partial charge on any atom is -0.461 e. The smallest absolute Gasteiger partial charge is 0.316 e. The third-order valence-electron chi connectivity index (χ3n) is 11.1. The van der Waals surface area contributed by atoms with Crippen molar-refractivity contribution in [3.8, 4) is 0 Å². The summed E-state index contributed by atoms with van der Waals surface area (Å²) in [7, 11) is 0. The Bertz CT molecular complexity index is 1430. The van der Waals surface area contributed by atoms with Crippen LogP contribution in [0.2, 0.25) is 0 Å². The van der Waals surface area contributed by atoms with Crippen LogP contribution in [0.5, 0.6) is 0 Å². The first-order chi connectivity index (χ1) is 20.4. The Kier molecular flexibility index (Phi) is 8.67. The molecule has 230 valence electrons. The summed E-state index contributed by atoms with van der Waals surface area (Å²) in [6.45, 7) is 12.4. The summed E-state index contributed by atoms with van der Waals surface area (Å²) in [5.74, 6) is -1.41. The van der Waals surface area contributed by atoms with Crippen LogP contribution in [0.1, 0.15) is 70.2 Å². The highest BCUT2D eigenvalue weighted by molar-refractivity contribution is 8.00. The van der Waals surface area contributed by atoms with Gasteiger partial charge in [-0.3, -0.25) is 14.4 Å². The fraction of sp³-hybridized carbons (Fsp3) is 0.514. The van der Waals surface area contributed by atoms with E-state index in [9.17, 15) is 23.9 Å². The Morgan fingerprint density at radius 1 is 1.16 bits per heavy atom. The zero-order chi connectivity index (χ0) is 31.2. The van der Waals surface area contributed by atoms with Gasteiger partial charge in [-0.15, -0.1) is 18.3 Å². The van der Waals surface area contributed by atoms with Crippen LogP contribution in [0.4, 0.5) is 10.1 Å². The molecule has 2 N–H and O–H groups in total. The van der Waals surface area contributed by atoms with Crippen LogP contribution in [0.3, 0.4) is 0 Å². The molecule has 2 aromatic rings. The molecule has 0 spiro atoms. The molecule has 1 amide bonds. The van der Waals surface area contributed by atoms with Gasteiger partial charge >= 0.3 is 5.97 Å². The van der Waals surface area contributed by atoms with E-state index in [0.717, 1.165) is 19.3 Å². The monoisotopic (exact) mass is 607 g/mol. The van der Waals surface area contributed by atoms with E-state index in [0.29, 0.717) is 23.4 Å². The van der Waals surface area contributed by atoms with Crippen LogP contribution in [0.25, 0.3) is 0 Å². The lowest BCUT2D eigenvalue weighted by molar-refractivity contribution is -0.205. The highest BCUT2D eigenvalue weighted by atomic mass is 32.2. The van der Waals surface area contributed by atoms with Crippen molar-refractivity contribution in [3.63, 3.8) is 0 Å². The van der Waals surface area contributed by atoms with E-state index >= 15 is 0 Å². The predicted octanol–water partition coefficient (Wildman–Crippen LogP) is 7.08. The Morgan fingerprint density at radius 2 is 1.91 bits per heavy atom. The third kappa shape index (κ3) is 5.46. The molecule has 0 saturated heterocycles. The van der Waals surface area contributed by atoms with Gasteiger partial charge in [0.25, 0.3) is 5.91 Å². The molecule has 5 rings (SSSR count). The number of aliphatic hydroxyl groups excluding tert-OH is 1. The molecule has 3 fully saturated rings. The van der Waals surface area contributed by atoms with Crippen LogP contribution in [-0.4, -0.2) is 40.7 Å². The molecule has 3 aliphatic carbocycles. The normalized spacial score (nSPS) is 35.3. The van der Waals surface area contributed by atoms with Crippen molar-refractivity contribution in [1.82, 2.24) is 0 Å². The average Bonchev–Trinajstić information content (AvgIpc) is 3.35. The van der Waals surface area contributed by atoms with E-state index in [-0.39, 0.29) is 40.3 Å². The molecule has 0 unspecified atom stereocenters. The largest absolute Gasteiger partial charge is 0.461 e. The number of benzene rings is 2. The first-order valence-corrected chi connectivity index (χ1v) is 16.2. The number of thioether (sulfide) groups is 1. The van der Waals surface area contributed by atoms with Gasteiger partial charge in [0.05, 0.1) is 17.5 Å². The molecular formula is C35H42FNO5S. The van der Waals surface area contributed by atoms with E-state index in [2.05, 4.69) is 32.7 Å². The second-order valence-corrected chi connectivity index (χ2v) is 14.3. The van der Waals surface area contributed by atoms with Crippen molar-refractivity contribution >= 4 is 35.1 Å². The van der Waals surface area contributed by atoms with Crippen molar-refractivity contribution < 1.29 is 28.6 Å². The fourth-order valence-corrected chi connectivity index (χ4v) is 9.14. The zero-order valence-corrected chi connectivity index (χ0v) is 26.2. The van der Waals surface area contributed by atoms with Crippen molar-refractivity contribution in [2.45, 2.75) is 76.9 Å². The minimum absolute atomic E-state index is 0.0126. The van der Waals surface area contributed by atoms with Gasteiger partial charge in [-0.05, 0) is 73.3 Å². The number of carbonyl (C=O) groups is 3. The standard InChI is InChI=1S/C35H42FNO5S/c1-6-33(4)19-28(34(5)21(2)14-16-35(22(3)31(33)40)17-15-26(38)30(34)35)42-29(39)20-43-27-13-8-7-12-25(27)37-32(41)23-10-9-11-24(36)18-23/h6-13,18,21-22,28,30-31,40H,1,14-17,19-20H2,2-5H3,(H,37,41)/t21-,22+,28-,30+,31+,33-,34+,35+/m1/s1. The fourth-order valence-electron chi connectivity index (χ4n) is 8.35. The van der Waals surface area contributed by atoms with Crippen LogP contribution in [0, 0.1) is 39.8 Å². The number of hydrogen-bond acceptors (Lipinski definition) is 6. The summed E-state index contributed by atoms with van der Waals surface area (Å²) < 4.78 is 20.0. The lowest BCUT2D eigenvalue weighted by Gasteiger charge is -2.61. The van der Waals surface area contributed by atoms with Crippen molar-refractivity contribution in [2.24, 2.45) is 34.0 Å². The molecule has 6 nitrogen and oxygen atoms in total. The van der Waals surface area contributed by atoms with Gasteiger partial charge in [0.15, 0.2) is 0 Å². The molecule has 8 heteroatoms. The summed E-state index contributed by atoms with van der Waals surface area (Å²) in [6.07, 6.45) is 3.88. The second kappa shape index (κ2) is 11.8.